The number of unbranched alkanes of at least 4 members (excludes halogenated alkanes) is 10. The maximum atomic E-state index is 12.6. The van der Waals surface area contributed by atoms with Gasteiger partial charge in [-0.2, -0.15) is 0 Å². The van der Waals surface area contributed by atoms with Crippen LogP contribution in [0.5, 0.6) is 0 Å². The molecule has 0 saturated heterocycles. The number of allylic oxidation sites excluding steroid dienone is 7. The summed E-state index contributed by atoms with van der Waals surface area (Å²) in [5.74, 6) is -0.401. The van der Waals surface area contributed by atoms with Crippen molar-refractivity contribution in [2.24, 2.45) is 5.92 Å². The molecule has 0 aromatic rings. The molecule has 0 spiro atoms. The molecule has 0 fully saturated rings. The predicted octanol–water partition coefficient (Wildman–Crippen LogP) is 8.72. The lowest BCUT2D eigenvalue weighted by Gasteiger charge is -2.20. The molecule has 4 atom stereocenters. The topological polar surface area (TPSA) is 216 Å². The van der Waals surface area contributed by atoms with Crippen LogP contribution in [0.1, 0.15) is 143 Å². The summed E-state index contributed by atoms with van der Waals surface area (Å²) in [5.41, 5.74) is 0. The second-order valence-electron chi connectivity index (χ2n) is 14.2. The van der Waals surface area contributed by atoms with Crippen molar-refractivity contribution in [3.05, 3.63) is 48.6 Å². The van der Waals surface area contributed by atoms with E-state index in [-0.39, 0.29) is 12.8 Å². The van der Waals surface area contributed by atoms with Crippen LogP contribution in [0.4, 0.5) is 0 Å². The normalized spacial score (nSPS) is 15.3. The maximum absolute atomic E-state index is 12.6. The number of hydrogen-bond donors (Lipinski definition) is 5. The summed E-state index contributed by atoms with van der Waals surface area (Å²) in [6, 6.07) is 0. The van der Waals surface area contributed by atoms with E-state index in [4.69, 9.17) is 23.8 Å². The Morgan fingerprint density at radius 3 is 1.86 bits per heavy atom. The third kappa shape index (κ3) is 38.9. The molecular weight excluding hydrogens is 766 g/mol. The Bertz CT molecular complexity index is 1210. The third-order valence-corrected chi connectivity index (χ3v) is 9.68. The first-order valence-electron chi connectivity index (χ1n) is 20.3. The van der Waals surface area contributed by atoms with Crippen LogP contribution in [0.2, 0.25) is 0 Å². The molecule has 326 valence electrons. The quantitative estimate of drug-likeness (QED) is 0.0130. The number of hydrogen-bond acceptors (Lipinski definition) is 11. The molecule has 0 aromatic carbocycles. The Hall–Kier alpha value is -1.96. The first kappa shape index (κ1) is 54.0. The van der Waals surface area contributed by atoms with Gasteiger partial charge >= 0.3 is 27.6 Å². The fourth-order valence-corrected chi connectivity index (χ4v) is 6.26. The Kier molecular flexibility index (Phi) is 33.8. The minimum absolute atomic E-state index is 0.0984. The summed E-state index contributed by atoms with van der Waals surface area (Å²) in [4.78, 5) is 52.5. The van der Waals surface area contributed by atoms with Crippen molar-refractivity contribution < 1.29 is 66.7 Å². The van der Waals surface area contributed by atoms with Gasteiger partial charge in [0.15, 0.2) is 6.10 Å². The molecule has 0 aliphatic rings. The van der Waals surface area contributed by atoms with E-state index in [0.717, 1.165) is 70.1 Å². The van der Waals surface area contributed by atoms with Gasteiger partial charge in [0, 0.05) is 12.8 Å². The molecule has 0 bridgehead atoms. The van der Waals surface area contributed by atoms with Gasteiger partial charge in [-0.05, 0) is 44.4 Å². The van der Waals surface area contributed by atoms with Crippen LogP contribution in [0.3, 0.4) is 0 Å². The standard InChI is InChI=1S/C40H72O14P2/c1-4-5-21-27-36(41)28-23-18-14-9-7-6-8-10-15-19-24-29-39(43)50-33-38(34-53-56(48,49)52-32-37(42)31-51-55(45,46)47)54-40(44)30-25-20-16-12-11-13-17-22-26-35(2)3/h6-7,10,14-15,18,23,28,35-38,41-42H,4-5,8-9,11-13,16-17,19-22,24-27,29-34H2,1-3H3,(H,48,49)(H2,45,46,47)/b7-6-,15-10-,18-14-,28-23+/t36-,37+,38-/m1/s1. The highest BCUT2D eigenvalue weighted by Gasteiger charge is 2.28. The Balaban J connectivity index is 4.67. The van der Waals surface area contributed by atoms with Crippen LogP contribution >= 0.6 is 15.6 Å². The Morgan fingerprint density at radius 1 is 0.625 bits per heavy atom. The summed E-state index contributed by atoms with van der Waals surface area (Å²) in [6.07, 6.45) is 29.0. The molecule has 0 saturated carbocycles. The minimum atomic E-state index is -4.87. The number of phosphoric acid groups is 2. The Labute approximate surface area is 335 Å². The van der Waals surface area contributed by atoms with Gasteiger partial charge in [0.1, 0.15) is 12.7 Å². The van der Waals surface area contributed by atoms with Crippen molar-refractivity contribution in [2.75, 3.05) is 26.4 Å². The van der Waals surface area contributed by atoms with Gasteiger partial charge in [-0.15, -0.1) is 0 Å². The number of rotatable bonds is 37. The van der Waals surface area contributed by atoms with Crippen LogP contribution < -0.4 is 0 Å². The summed E-state index contributed by atoms with van der Waals surface area (Å²) in [6.45, 7) is 3.79. The first-order valence-corrected chi connectivity index (χ1v) is 23.3. The van der Waals surface area contributed by atoms with Crippen LogP contribution in [0.25, 0.3) is 0 Å². The molecule has 0 amide bonds. The highest BCUT2D eigenvalue weighted by molar-refractivity contribution is 7.47. The molecule has 5 N–H and O–H groups in total. The van der Waals surface area contributed by atoms with Crippen LogP contribution in [0, 0.1) is 5.92 Å². The molecule has 56 heavy (non-hydrogen) atoms. The smallest absolute Gasteiger partial charge is 0.462 e. The van der Waals surface area contributed by atoms with Gasteiger partial charge in [0.2, 0.25) is 0 Å². The molecule has 0 radical (unpaired) electrons. The minimum Gasteiger partial charge on any atom is -0.462 e. The largest absolute Gasteiger partial charge is 0.472 e. The predicted molar refractivity (Wildman–Crippen MR) is 217 cm³/mol. The number of carbonyl (C=O) groups is 2. The van der Waals surface area contributed by atoms with Crippen molar-refractivity contribution >= 4 is 27.6 Å². The van der Waals surface area contributed by atoms with E-state index in [1.165, 1.54) is 25.7 Å². The van der Waals surface area contributed by atoms with E-state index >= 15 is 0 Å². The van der Waals surface area contributed by atoms with Crippen molar-refractivity contribution in [1.29, 1.82) is 0 Å². The number of carbonyl (C=O) groups excluding carboxylic acids is 2. The monoisotopic (exact) mass is 838 g/mol. The first-order chi connectivity index (χ1) is 26.6. The van der Waals surface area contributed by atoms with Gasteiger partial charge in [0.25, 0.3) is 0 Å². The van der Waals surface area contributed by atoms with Crippen molar-refractivity contribution in [3.8, 4) is 0 Å². The fraction of sp³-hybridized carbons (Fsp3) is 0.750. The van der Waals surface area contributed by atoms with Gasteiger partial charge in [-0.1, -0.05) is 140 Å². The van der Waals surface area contributed by atoms with Crippen molar-refractivity contribution in [2.45, 2.75) is 161 Å². The zero-order chi connectivity index (χ0) is 41.9. The molecule has 0 aliphatic heterocycles. The van der Waals surface area contributed by atoms with Gasteiger partial charge < -0.3 is 34.4 Å². The second-order valence-corrected chi connectivity index (χ2v) is 16.9. The highest BCUT2D eigenvalue weighted by Crippen LogP contribution is 2.43. The fourth-order valence-electron chi connectivity index (χ4n) is 5.10. The Morgan fingerprint density at radius 2 is 1.20 bits per heavy atom. The zero-order valence-electron chi connectivity index (χ0n) is 34.0. The number of aliphatic hydroxyl groups is 2. The maximum Gasteiger partial charge on any atom is 0.472 e. The number of esters is 2. The van der Waals surface area contributed by atoms with Crippen LogP contribution in [-0.2, 0) is 41.8 Å². The number of phosphoric ester groups is 2. The summed E-state index contributed by atoms with van der Waals surface area (Å²) >= 11 is 0. The lowest BCUT2D eigenvalue weighted by atomic mass is 10.0. The van der Waals surface area contributed by atoms with E-state index < -0.39 is 72.3 Å². The molecule has 0 aliphatic carbocycles. The van der Waals surface area contributed by atoms with Gasteiger partial charge in [-0.3, -0.25) is 23.2 Å². The molecule has 0 heterocycles. The summed E-state index contributed by atoms with van der Waals surface area (Å²) in [7, 11) is -9.69. The van der Waals surface area contributed by atoms with Gasteiger partial charge in [0.05, 0.1) is 25.9 Å². The van der Waals surface area contributed by atoms with E-state index in [1.807, 2.05) is 42.5 Å². The highest BCUT2D eigenvalue weighted by atomic mass is 31.2. The van der Waals surface area contributed by atoms with Crippen LogP contribution in [0.15, 0.2) is 48.6 Å². The van der Waals surface area contributed by atoms with E-state index in [2.05, 4.69) is 29.8 Å². The van der Waals surface area contributed by atoms with E-state index in [9.17, 15) is 33.8 Å². The molecule has 14 nitrogen and oxygen atoms in total. The van der Waals surface area contributed by atoms with Crippen molar-refractivity contribution in [3.63, 3.8) is 0 Å². The zero-order valence-corrected chi connectivity index (χ0v) is 35.8. The second kappa shape index (κ2) is 35.0. The number of ether oxygens (including phenoxy) is 2. The lowest BCUT2D eigenvalue weighted by Crippen LogP contribution is -2.30. The van der Waals surface area contributed by atoms with Gasteiger partial charge in [-0.25, -0.2) is 9.13 Å². The summed E-state index contributed by atoms with van der Waals surface area (Å²) < 4.78 is 47.5. The van der Waals surface area contributed by atoms with Crippen LogP contribution in [-0.4, -0.2) is 81.6 Å². The molecule has 1 unspecified atom stereocenters. The average Bonchev–Trinajstić information content (AvgIpc) is 3.13. The third-order valence-electron chi connectivity index (χ3n) is 8.24. The molecule has 16 heteroatoms. The number of aliphatic hydroxyl groups excluding tert-OH is 2. The molecule has 0 rings (SSSR count). The lowest BCUT2D eigenvalue weighted by molar-refractivity contribution is -0.161. The average molecular weight is 839 g/mol. The van der Waals surface area contributed by atoms with Crippen molar-refractivity contribution in [1.82, 2.24) is 0 Å². The van der Waals surface area contributed by atoms with E-state index in [0.29, 0.717) is 19.3 Å². The van der Waals surface area contributed by atoms with E-state index in [1.54, 1.807) is 6.08 Å². The summed E-state index contributed by atoms with van der Waals surface area (Å²) in [5, 5.41) is 19.6. The molecular formula is C40H72O14P2. The molecule has 0 aromatic heterocycles. The SMILES string of the molecule is CCCCC[C@@H](O)/C=C/C=C\C/C=C\C/C=C\CCCC(=O)OC[C@H](COP(=O)(O)OC[C@@H](O)COP(=O)(O)O)OC(=O)CCCCCCCCCCC(C)C.